The number of amides is 2. The Morgan fingerprint density at radius 3 is 2.30 bits per heavy atom. The molecule has 0 spiro atoms. The Hall–Kier alpha value is -4.84. The van der Waals surface area contributed by atoms with Crippen LogP contribution in [0.4, 0.5) is 11.4 Å². The number of unbranched alkanes of at least 4 members (excludes halogenated alkanes) is 2. The fraction of sp³-hybridized carbons (Fsp3) is 0.455. The van der Waals surface area contributed by atoms with Crippen LogP contribution < -0.4 is 4.90 Å². The van der Waals surface area contributed by atoms with E-state index in [1.807, 2.05) is 32.0 Å². The first kappa shape index (κ1) is 49.1. The van der Waals surface area contributed by atoms with Gasteiger partial charge < -0.3 is 4.90 Å². The van der Waals surface area contributed by atoms with E-state index in [1.54, 1.807) is 11.8 Å². The molecule has 1 saturated heterocycles. The molecule has 7 rings (SSSR count). The highest BCUT2D eigenvalue weighted by atomic mass is 32.2. The predicted molar refractivity (Wildman–Crippen MR) is 268 cm³/mol. The summed E-state index contributed by atoms with van der Waals surface area (Å²) in [4.78, 5) is 44.9. The van der Waals surface area contributed by atoms with Gasteiger partial charge in [0.15, 0.2) is 11.5 Å². The van der Waals surface area contributed by atoms with Gasteiger partial charge in [0.1, 0.15) is 6.54 Å². The van der Waals surface area contributed by atoms with Gasteiger partial charge in [-0.15, -0.1) is 0 Å². The fourth-order valence-electron chi connectivity index (χ4n) is 10.3. The summed E-state index contributed by atoms with van der Waals surface area (Å²) in [5.41, 5.74) is 10.3. The highest BCUT2D eigenvalue weighted by Crippen LogP contribution is 2.49. The second kappa shape index (κ2) is 20.6. The Morgan fingerprint density at radius 1 is 0.879 bits per heavy atom. The van der Waals surface area contributed by atoms with Crippen LogP contribution in [-0.4, -0.2) is 71.1 Å². The summed E-state index contributed by atoms with van der Waals surface area (Å²) in [6.07, 6.45) is 16.2. The average Bonchev–Trinajstić information content (AvgIpc) is 3.75. The van der Waals surface area contributed by atoms with Crippen LogP contribution in [0.25, 0.3) is 0 Å². The molecule has 3 aliphatic heterocycles. The maximum atomic E-state index is 13.3. The Labute approximate surface area is 397 Å². The van der Waals surface area contributed by atoms with Gasteiger partial charge in [-0.3, -0.25) is 23.8 Å². The third-order valence-electron chi connectivity index (χ3n) is 13.7. The van der Waals surface area contributed by atoms with E-state index in [4.69, 9.17) is 0 Å². The summed E-state index contributed by atoms with van der Waals surface area (Å²) in [5.74, 6) is -0.940. The Bertz CT molecular complexity index is 2610. The number of hydrogen-bond acceptors (Lipinski definition) is 7. The number of benzene rings is 3. The monoisotopic (exact) mass is 930 g/mol. The van der Waals surface area contributed by atoms with Gasteiger partial charge in [0, 0.05) is 76.0 Å². The Kier molecular flexibility index (Phi) is 15.3. The zero-order chi connectivity index (χ0) is 47.4. The molecular formula is C55H68N3O6S2+. The van der Waals surface area contributed by atoms with Crippen molar-refractivity contribution in [2.75, 3.05) is 30.3 Å². The van der Waals surface area contributed by atoms with Crippen LogP contribution in [0.2, 0.25) is 0 Å². The summed E-state index contributed by atoms with van der Waals surface area (Å²) in [6, 6.07) is 25.3. The maximum absolute atomic E-state index is 13.3. The van der Waals surface area contributed by atoms with Gasteiger partial charge >= 0.3 is 0 Å². The van der Waals surface area contributed by atoms with Crippen molar-refractivity contribution in [2.45, 2.75) is 128 Å². The number of imide groups is 1. The van der Waals surface area contributed by atoms with Crippen LogP contribution >= 0.6 is 11.8 Å². The van der Waals surface area contributed by atoms with Crippen LogP contribution in [0.3, 0.4) is 0 Å². The molecule has 3 aromatic carbocycles. The summed E-state index contributed by atoms with van der Waals surface area (Å²) >= 11 is 1.75. The number of carbonyl (C=O) groups is 3. The largest absolute Gasteiger partial charge is 0.344 e. The van der Waals surface area contributed by atoms with E-state index in [0.717, 1.165) is 65.4 Å². The summed E-state index contributed by atoms with van der Waals surface area (Å²) in [5, 5.41) is 0. The Balaban J connectivity index is 1.22. The average molecular weight is 931 g/mol. The lowest BCUT2D eigenvalue weighted by atomic mass is 9.81. The molecule has 0 bridgehead atoms. The van der Waals surface area contributed by atoms with Crippen molar-refractivity contribution in [3.63, 3.8) is 0 Å². The normalized spacial score (nSPS) is 20.5. The second-order valence-corrected chi connectivity index (χ2v) is 22.6. The highest BCUT2D eigenvalue weighted by Gasteiger charge is 2.44. The van der Waals surface area contributed by atoms with Gasteiger partial charge in [-0.25, -0.2) is 0 Å². The molecule has 66 heavy (non-hydrogen) atoms. The summed E-state index contributed by atoms with van der Waals surface area (Å²) in [7, 11) is -4.04. The van der Waals surface area contributed by atoms with Gasteiger partial charge in [0.05, 0.1) is 17.7 Å². The Morgan fingerprint density at radius 2 is 1.59 bits per heavy atom. The van der Waals surface area contributed by atoms with E-state index in [0.29, 0.717) is 31.7 Å². The lowest BCUT2D eigenvalue weighted by Gasteiger charge is -2.27. The number of allylic oxidation sites excluding steroid dienone is 7. The summed E-state index contributed by atoms with van der Waals surface area (Å²) < 4.78 is 34.9. The maximum Gasteiger partial charge on any atom is 0.264 e. The SMILES string of the molecule is CCCCN1/C(=C/C=C2\CCCC(/C=C/C3=[N+](CCCCS(=O)(=O)O)c4ccccc4C3(C)C)=C2Sc2ccc(CC(=O)CN3C(=O)CC(CC(C)C)C3=O)cc2)C(C)(C)c2ccccc21. The van der Waals surface area contributed by atoms with Crippen molar-refractivity contribution < 1.29 is 31.9 Å². The van der Waals surface area contributed by atoms with Gasteiger partial charge in [0.2, 0.25) is 17.5 Å². The van der Waals surface area contributed by atoms with Crippen molar-refractivity contribution in [1.82, 2.24) is 4.90 Å². The number of hydrogen-bond donors (Lipinski definition) is 1. The standard InChI is InChI=1S/C55H67N3O6S2/c1-8-9-31-56-47-21-12-10-19-45(47)54(4,5)49(56)29-25-40-17-16-18-41(26-30-50-55(6,7)46-20-11-13-22-48(46)57(50)32-14-15-33-66(62,63)64)52(40)65-44-27-23-39(24-28-44)35-43(59)37-58-51(60)36-42(53(58)61)34-38(2)3/h10-13,19-30,38,42H,8-9,14-18,31-37H2,1-7H3/p+1. The molecule has 350 valence electrons. The molecule has 0 saturated carbocycles. The first-order chi connectivity index (χ1) is 31.4. The molecule has 3 aromatic rings. The number of para-hydroxylation sites is 2. The molecule has 4 aliphatic rings. The number of likely N-dealkylation sites (tertiary alicyclic amines) is 1. The van der Waals surface area contributed by atoms with E-state index in [-0.39, 0.29) is 59.5 Å². The van der Waals surface area contributed by atoms with Crippen molar-refractivity contribution in [2.24, 2.45) is 11.8 Å². The van der Waals surface area contributed by atoms with Crippen molar-refractivity contribution in [3.05, 3.63) is 136 Å². The van der Waals surface area contributed by atoms with Crippen molar-refractivity contribution >= 4 is 56.6 Å². The van der Waals surface area contributed by atoms with E-state index in [9.17, 15) is 27.4 Å². The number of thioether (sulfide) groups is 1. The number of fused-ring (bicyclic) bond motifs is 2. The number of ketones is 1. The number of carbonyl (C=O) groups excluding carboxylic acids is 3. The predicted octanol–water partition coefficient (Wildman–Crippen LogP) is 11.5. The number of anilines is 1. The quantitative estimate of drug-likeness (QED) is 0.0547. The highest BCUT2D eigenvalue weighted by molar-refractivity contribution is 8.03. The van der Waals surface area contributed by atoms with Crippen LogP contribution in [0.5, 0.6) is 0 Å². The molecule has 0 radical (unpaired) electrons. The van der Waals surface area contributed by atoms with E-state index < -0.39 is 10.1 Å². The number of Topliss-reactive ketones (excluding diaryl/α,β-unsaturated/α-hetero) is 1. The third kappa shape index (κ3) is 11.0. The minimum atomic E-state index is -4.04. The zero-order valence-electron chi connectivity index (χ0n) is 39.9. The minimum Gasteiger partial charge on any atom is -0.344 e. The van der Waals surface area contributed by atoms with Crippen LogP contribution in [0.15, 0.2) is 124 Å². The molecule has 2 amide bonds. The van der Waals surface area contributed by atoms with Gasteiger partial charge in [-0.05, 0) is 105 Å². The molecule has 1 unspecified atom stereocenters. The fourth-order valence-corrected chi connectivity index (χ4v) is 11.9. The lowest BCUT2D eigenvalue weighted by molar-refractivity contribution is -0.438. The molecular weight excluding hydrogens is 863 g/mol. The molecule has 1 fully saturated rings. The molecule has 1 N–H and O–H groups in total. The number of nitrogens with zero attached hydrogens (tertiary/aromatic N) is 3. The second-order valence-electron chi connectivity index (χ2n) is 19.9. The molecule has 1 aliphatic carbocycles. The molecule has 0 aromatic heterocycles. The van der Waals surface area contributed by atoms with E-state index in [1.165, 1.54) is 38.6 Å². The number of rotatable bonds is 19. The van der Waals surface area contributed by atoms with E-state index in [2.05, 4.69) is 123 Å². The van der Waals surface area contributed by atoms with Gasteiger partial charge in [0.25, 0.3) is 10.1 Å². The molecule has 3 heterocycles. The smallest absolute Gasteiger partial charge is 0.264 e. The van der Waals surface area contributed by atoms with E-state index >= 15 is 0 Å². The first-order valence-corrected chi connectivity index (χ1v) is 26.3. The minimum absolute atomic E-state index is 0.141. The third-order valence-corrected chi connectivity index (χ3v) is 15.7. The molecule has 11 heteroatoms. The van der Waals surface area contributed by atoms with Crippen LogP contribution in [0.1, 0.15) is 123 Å². The lowest BCUT2D eigenvalue weighted by Crippen LogP contribution is -2.36. The first-order valence-electron chi connectivity index (χ1n) is 23.9. The summed E-state index contributed by atoms with van der Waals surface area (Å²) in [6.45, 7) is 16.9. The topological polar surface area (TPSA) is 115 Å². The molecule has 1 atom stereocenters. The van der Waals surface area contributed by atoms with Gasteiger partial charge in [-0.1, -0.05) is 113 Å². The van der Waals surface area contributed by atoms with Crippen molar-refractivity contribution in [1.29, 1.82) is 0 Å². The zero-order valence-corrected chi connectivity index (χ0v) is 41.6. The van der Waals surface area contributed by atoms with Gasteiger partial charge in [-0.2, -0.15) is 13.0 Å². The van der Waals surface area contributed by atoms with Crippen molar-refractivity contribution in [3.8, 4) is 0 Å². The molecule has 9 nitrogen and oxygen atoms in total. The van der Waals surface area contributed by atoms with Crippen LogP contribution in [0, 0.1) is 11.8 Å². The van der Waals surface area contributed by atoms with Crippen LogP contribution in [-0.2, 0) is 41.8 Å².